The number of amidine groups is 1. The number of aromatic hydroxyl groups is 1. The van der Waals surface area contributed by atoms with Gasteiger partial charge in [-0.3, -0.25) is 19.7 Å². The first-order chi connectivity index (χ1) is 10.5. The molecule has 0 bridgehead atoms. The first kappa shape index (κ1) is 14.9. The molecule has 9 heteroatoms. The molecule has 7 nitrogen and oxygen atoms in total. The van der Waals surface area contributed by atoms with Crippen LogP contribution in [0, 0.1) is 0 Å². The summed E-state index contributed by atoms with van der Waals surface area (Å²) in [6.07, 6.45) is 0. The zero-order valence-electron chi connectivity index (χ0n) is 11.3. The summed E-state index contributed by atoms with van der Waals surface area (Å²) in [5.74, 6) is -0.734. The van der Waals surface area contributed by atoms with Gasteiger partial charge in [0.05, 0.1) is 0 Å². The minimum Gasteiger partial charge on any atom is -0.508 e. The first-order valence-electron chi connectivity index (χ1n) is 6.29. The predicted octanol–water partition coefficient (Wildman–Crippen LogP) is 1.18. The Kier molecular flexibility index (Phi) is 3.83. The molecule has 0 aromatic heterocycles. The third-order valence-electron chi connectivity index (χ3n) is 3.20. The van der Waals surface area contributed by atoms with Crippen molar-refractivity contribution in [2.45, 2.75) is 10.5 Å². The zero-order valence-corrected chi connectivity index (χ0v) is 13.0. The number of thioether (sulfide) groups is 2. The molecule has 1 aromatic rings. The highest BCUT2D eigenvalue weighted by Gasteiger charge is 2.45. The van der Waals surface area contributed by atoms with E-state index >= 15 is 0 Å². The molecule has 2 atom stereocenters. The number of nitrogens with one attached hydrogen (secondary N) is 1. The number of hydrogen-bond acceptors (Lipinski definition) is 7. The van der Waals surface area contributed by atoms with Crippen molar-refractivity contribution in [1.82, 2.24) is 5.32 Å². The molecule has 2 aliphatic heterocycles. The van der Waals surface area contributed by atoms with Gasteiger partial charge in [-0.05, 0) is 36.0 Å². The van der Waals surface area contributed by atoms with Crippen LogP contribution in [0.5, 0.6) is 5.75 Å². The topological polar surface area (TPSA) is 99.1 Å². The molecule has 3 amide bonds. The Bertz CT molecular complexity index is 689. The summed E-state index contributed by atoms with van der Waals surface area (Å²) in [6.45, 7) is 0. The summed E-state index contributed by atoms with van der Waals surface area (Å²) < 4.78 is 0. The first-order valence-corrected chi connectivity index (χ1v) is 8.05. The van der Waals surface area contributed by atoms with Crippen molar-refractivity contribution in [3.05, 3.63) is 24.3 Å². The average Bonchev–Trinajstić information content (AvgIpc) is 3.01. The SMILES string of the molecule is CN(C1=NC(=O)[C@H]([C@@H]2SC(=O)NC2=O)S1)c1ccc(O)cc1. The van der Waals surface area contributed by atoms with Crippen molar-refractivity contribution in [2.75, 3.05) is 11.9 Å². The number of phenols is 1. The smallest absolute Gasteiger partial charge is 0.286 e. The van der Waals surface area contributed by atoms with Gasteiger partial charge in [-0.25, -0.2) is 0 Å². The van der Waals surface area contributed by atoms with Crippen molar-refractivity contribution in [2.24, 2.45) is 4.99 Å². The predicted molar refractivity (Wildman–Crippen MR) is 85.2 cm³/mol. The summed E-state index contributed by atoms with van der Waals surface area (Å²) in [5, 5.41) is 10.0. The van der Waals surface area contributed by atoms with Gasteiger partial charge < -0.3 is 10.0 Å². The lowest BCUT2D eigenvalue weighted by atomic mass is 10.2. The Labute approximate surface area is 134 Å². The molecule has 0 unspecified atom stereocenters. The van der Waals surface area contributed by atoms with Gasteiger partial charge in [-0.15, -0.1) is 0 Å². The number of benzene rings is 1. The Morgan fingerprint density at radius 1 is 1.14 bits per heavy atom. The minimum absolute atomic E-state index is 0.143. The maximum Gasteiger partial charge on any atom is 0.286 e. The van der Waals surface area contributed by atoms with E-state index in [9.17, 15) is 19.5 Å². The molecule has 0 aliphatic carbocycles. The molecule has 3 rings (SSSR count). The number of imide groups is 1. The summed E-state index contributed by atoms with van der Waals surface area (Å²) in [4.78, 5) is 40.6. The van der Waals surface area contributed by atoms with Gasteiger partial charge >= 0.3 is 0 Å². The molecular formula is C13H11N3O4S2. The number of anilines is 1. The lowest BCUT2D eigenvalue weighted by Crippen LogP contribution is -2.34. The Hall–Kier alpha value is -2.00. The second-order valence-electron chi connectivity index (χ2n) is 4.66. The number of nitrogens with zero attached hydrogens (tertiary/aromatic N) is 2. The number of carbonyl (C=O) groups is 3. The van der Waals surface area contributed by atoms with E-state index in [1.807, 2.05) is 0 Å². The monoisotopic (exact) mass is 337 g/mol. The molecule has 2 aliphatic rings. The molecule has 1 aromatic carbocycles. The Balaban J connectivity index is 1.76. The third-order valence-corrected chi connectivity index (χ3v) is 5.73. The van der Waals surface area contributed by atoms with Crippen molar-refractivity contribution in [1.29, 1.82) is 0 Å². The van der Waals surface area contributed by atoms with Crippen molar-refractivity contribution < 1.29 is 19.5 Å². The maximum atomic E-state index is 12.0. The van der Waals surface area contributed by atoms with Crippen LogP contribution in [-0.2, 0) is 9.59 Å². The number of amides is 3. The molecule has 0 spiro atoms. The van der Waals surface area contributed by atoms with Crippen LogP contribution < -0.4 is 10.2 Å². The van der Waals surface area contributed by atoms with E-state index in [2.05, 4.69) is 10.3 Å². The second-order valence-corrected chi connectivity index (χ2v) is 6.88. The zero-order chi connectivity index (χ0) is 15.9. The molecule has 0 radical (unpaired) electrons. The number of carbonyl (C=O) groups excluding carboxylic acids is 3. The van der Waals surface area contributed by atoms with Gasteiger partial charge in [0.2, 0.25) is 5.91 Å². The van der Waals surface area contributed by atoms with Crippen molar-refractivity contribution in [3.63, 3.8) is 0 Å². The van der Waals surface area contributed by atoms with Crippen LogP contribution in [0.4, 0.5) is 10.5 Å². The number of hydrogen-bond donors (Lipinski definition) is 2. The van der Waals surface area contributed by atoms with E-state index in [0.717, 1.165) is 29.2 Å². The van der Waals surface area contributed by atoms with Crippen LogP contribution in [0.3, 0.4) is 0 Å². The van der Waals surface area contributed by atoms with Gasteiger partial charge in [0.25, 0.3) is 11.1 Å². The lowest BCUT2D eigenvalue weighted by molar-refractivity contribution is -0.122. The lowest BCUT2D eigenvalue weighted by Gasteiger charge is -2.19. The van der Waals surface area contributed by atoms with Gasteiger partial charge in [0.1, 0.15) is 16.2 Å². The normalized spacial score (nSPS) is 24.4. The summed E-state index contributed by atoms with van der Waals surface area (Å²) in [5.41, 5.74) is 0.747. The Morgan fingerprint density at radius 3 is 2.41 bits per heavy atom. The fourth-order valence-corrected chi connectivity index (χ4v) is 4.21. The summed E-state index contributed by atoms with van der Waals surface area (Å²) in [7, 11) is 1.74. The molecule has 114 valence electrons. The number of rotatable bonds is 2. The molecule has 1 fully saturated rings. The standard InChI is InChI=1S/C13H11N3O4S2/c1-16(6-2-4-7(17)5-3-6)12-14-10(18)8(21-12)9-11(19)15-13(20)22-9/h2-5,8-9,17H,1H3,(H,15,19,20)/t8-,9-/m0/s1. The highest BCUT2D eigenvalue weighted by atomic mass is 32.2. The highest BCUT2D eigenvalue weighted by molar-refractivity contribution is 8.19. The molecule has 0 saturated carbocycles. The van der Waals surface area contributed by atoms with E-state index in [4.69, 9.17) is 0 Å². The fraction of sp³-hybridized carbons (Fsp3) is 0.231. The Morgan fingerprint density at radius 2 is 1.82 bits per heavy atom. The fourth-order valence-electron chi connectivity index (χ4n) is 2.05. The van der Waals surface area contributed by atoms with Crippen LogP contribution in [-0.4, -0.2) is 44.9 Å². The van der Waals surface area contributed by atoms with Gasteiger partial charge in [-0.2, -0.15) is 4.99 Å². The third kappa shape index (κ3) is 2.69. The second kappa shape index (κ2) is 5.65. The van der Waals surface area contributed by atoms with Gasteiger partial charge in [-0.1, -0.05) is 11.8 Å². The maximum absolute atomic E-state index is 12.0. The van der Waals surface area contributed by atoms with Crippen LogP contribution >= 0.6 is 23.5 Å². The van der Waals surface area contributed by atoms with Gasteiger partial charge in [0.15, 0.2) is 5.17 Å². The van der Waals surface area contributed by atoms with Gasteiger partial charge in [0, 0.05) is 12.7 Å². The molecular weight excluding hydrogens is 326 g/mol. The molecule has 2 heterocycles. The van der Waals surface area contributed by atoms with E-state index in [1.54, 1.807) is 24.1 Å². The van der Waals surface area contributed by atoms with Crippen LogP contribution in [0.15, 0.2) is 29.3 Å². The van der Waals surface area contributed by atoms with Crippen LogP contribution in [0.2, 0.25) is 0 Å². The van der Waals surface area contributed by atoms with E-state index < -0.39 is 27.6 Å². The number of aliphatic imine (C=N–C) groups is 1. The number of phenolic OH excluding ortho intramolecular Hbond substituents is 1. The van der Waals surface area contributed by atoms with Crippen LogP contribution in [0.1, 0.15) is 0 Å². The van der Waals surface area contributed by atoms with Crippen LogP contribution in [0.25, 0.3) is 0 Å². The molecule has 22 heavy (non-hydrogen) atoms. The van der Waals surface area contributed by atoms with Crippen molar-refractivity contribution >= 4 is 51.4 Å². The van der Waals surface area contributed by atoms with E-state index in [-0.39, 0.29) is 5.75 Å². The summed E-state index contributed by atoms with van der Waals surface area (Å²) >= 11 is 1.98. The van der Waals surface area contributed by atoms with E-state index in [0.29, 0.717) is 5.17 Å². The molecule has 2 N–H and O–H groups in total. The minimum atomic E-state index is -0.750. The molecule has 1 saturated heterocycles. The van der Waals surface area contributed by atoms with Crippen molar-refractivity contribution in [3.8, 4) is 5.75 Å². The largest absolute Gasteiger partial charge is 0.508 e. The summed E-state index contributed by atoms with van der Waals surface area (Å²) in [6, 6.07) is 6.45. The van der Waals surface area contributed by atoms with E-state index in [1.165, 1.54) is 12.1 Å². The average molecular weight is 337 g/mol. The quantitative estimate of drug-likeness (QED) is 0.836. The highest BCUT2D eigenvalue weighted by Crippen LogP contribution is 2.36.